The molecule has 1 aromatic carbocycles. The molecule has 5 nitrogen and oxygen atoms in total. The van der Waals surface area contributed by atoms with Gasteiger partial charge in [-0.15, -0.1) is 10.2 Å². The summed E-state index contributed by atoms with van der Waals surface area (Å²) in [7, 11) is 0. The van der Waals surface area contributed by atoms with Gasteiger partial charge in [0.15, 0.2) is 5.16 Å². The fourth-order valence-electron chi connectivity index (χ4n) is 2.28. The van der Waals surface area contributed by atoms with E-state index in [4.69, 9.17) is 0 Å². The molecule has 0 spiro atoms. The summed E-state index contributed by atoms with van der Waals surface area (Å²) in [4.78, 5) is 12.3. The molecule has 1 heterocycles. The number of carbonyl (C=O) groups is 1. The SMILES string of the molecule is Cc1c(Br)ccc(NC(=O)CSc2nnc(C)n2CC(C)C)c1C. The number of nitrogens with zero attached hydrogens (tertiary/aromatic N) is 3. The molecule has 0 fully saturated rings. The van der Waals surface area contributed by atoms with Crippen molar-refractivity contribution in [1.82, 2.24) is 14.8 Å². The number of anilines is 1. The molecule has 0 bridgehead atoms. The van der Waals surface area contributed by atoms with Gasteiger partial charge < -0.3 is 9.88 Å². The molecular formula is C17H23BrN4OS. The Morgan fingerprint density at radius 1 is 1.25 bits per heavy atom. The minimum atomic E-state index is -0.0402. The number of carbonyl (C=O) groups excluding carboxylic acids is 1. The lowest BCUT2D eigenvalue weighted by atomic mass is 10.1. The van der Waals surface area contributed by atoms with Crippen LogP contribution in [0.25, 0.3) is 0 Å². The predicted octanol–water partition coefficient (Wildman–Crippen LogP) is 4.35. The third-order valence-corrected chi connectivity index (χ3v) is 5.60. The highest BCUT2D eigenvalue weighted by molar-refractivity contribution is 9.10. The molecule has 0 atom stereocenters. The van der Waals surface area contributed by atoms with E-state index < -0.39 is 0 Å². The van der Waals surface area contributed by atoms with Gasteiger partial charge in [0, 0.05) is 16.7 Å². The van der Waals surface area contributed by atoms with Crippen molar-refractivity contribution < 1.29 is 4.79 Å². The summed E-state index contributed by atoms with van der Waals surface area (Å²) in [5.74, 6) is 1.65. The van der Waals surface area contributed by atoms with Gasteiger partial charge >= 0.3 is 0 Å². The molecule has 24 heavy (non-hydrogen) atoms. The van der Waals surface area contributed by atoms with Gasteiger partial charge in [-0.2, -0.15) is 0 Å². The molecule has 0 aliphatic heterocycles. The summed E-state index contributed by atoms with van der Waals surface area (Å²) in [5.41, 5.74) is 3.05. The number of amides is 1. The molecule has 1 amide bonds. The minimum Gasteiger partial charge on any atom is -0.325 e. The zero-order chi connectivity index (χ0) is 17.9. The maximum absolute atomic E-state index is 12.3. The van der Waals surface area contributed by atoms with E-state index in [9.17, 15) is 4.79 Å². The van der Waals surface area contributed by atoms with Gasteiger partial charge in [0.05, 0.1) is 5.75 Å². The largest absolute Gasteiger partial charge is 0.325 e. The van der Waals surface area contributed by atoms with Gasteiger partial charge in [-0.3, -0.25) is 4.79 Å². The highest BCUT2D eigenvalue weighted by Gasteiger charge is 2.14. The first kappa shape index (κ1) is 19.0. The number of rotatable bonds is 6. The molecule has 1 N–H and O–H groups in total. The zero-order valence-electron chi connectivity index (χ0n) is 14.7. The molecule has 0 unspecified atom stereocenters. The third-order valence-electron chi connectivity index (χ3n) is 3.78. The average molecular weight is 411 g/mol. The summed E-state index contributed by atoms with van der Waals surface area (Å²) < 4.78 is 3.11. The van der Waals surface area contributed by atoms with Gasteiger partial charge in [-0.05, 0) is 49.9 Å². The average Bonchev–Trinajstić information content (AvgIpc) is 2.86. The molecule has 2 aromatic rings. The second-order valence-corrected chi connectivity index (χ2v) is 8.01. The first-order chi connectivity index (χ1) is 11.3. The molecule has 0 saturated heterocycles. The Bertz CT molecular complexity index is 742. The van der Waals surface area contributed by atoms with Gasteiger partial charge in [0.25, 0.3) is 0 Å². The lowest BCUT2D eigenvalue weighted by Gasteiger charge is -2.12. The third kappa shape index (κ3) is 4.60. The predicted molar refractivity (Wildman–Crippen MR) is 103 cm³/mol. The van der Waals surface area contributed by atoms with Crippen LogP contribution in [0.4, 0.5) is 5.69 Å². The summed E-state index contributed by atoms with van der Waals surface area (Å²) in [6.07, 6.45) is 0. The van der Waals surface area contributed by atoms with Crippen LogP contribution in [-0.4, -0.2) is 26.4 Å². The summed E-state index contributed by atoms with van der Waals surface area (Å²) in [6.45, 7) is 11.1. The summed E-state index contributed by atoms with van der Waals surface area (Å²) in [5, 5.41) is 12.1. The number of aryl methyl sites for hydroxylation is 1. The second-order valence-electron chi connectivity index (χ2n) is 6.22. The van der Waals surface area contributed by atoms with Gasteiger partial charge in [-0.25, -0.2) is 0 Å². The molecule has 0 aliphatic rings. The number of nitrogens with one attached hydrogen (secondary N) is 1. The van der Waals surface area contributed by atoms with Crippen LogP contribution in [0.2, 0.25) is 0 Å². The van der Waals surface area contributed by atoms with Crippen LogP contribution >= 0.6 is 27.7 Å². The Balaban J connectivity index is 2.01. The van der Waals surface area contributed by atoms with E-state index in [1.807, 2.05) is 32.9 Å². The molecule has 0 aliphatic carbocycles. The zero-order valence-corrected chi connectivity index (χ0v) is 17.1. The summed E-state index contributed by atoms with van der Waals surface area (Å²) in [6, 6.07) is 3.87. The smallest absolute Gasteiger partial charge is 0.234 e. The summed E-state index contributed by atoms with van der Waals surface area (Å²) >= 11 is 4.92. The standard InChI is InChI=1S/C17H23BrN4OS/c1-10(2)8-22-13(5)20-21-17(22)24-9-16(23)19-15-7-6-14(18)11(3)12(15)4/h6-7,10H,8-9H2,1-5H3,(H,19,23). The highest BCUT2D eigenvalue weighted by atomic mass is 79.9. The Kier molecular flexibility index (Phi) is 6.46. The van der Waals surface area contributed by atoms with Gasteiger partial charge in [0.2, 0.25) is 5.91 Å². The Hall–Kier alpha value is -1.34. The van der Waals surface area contributed by atoms with E-state index in [-0.39, 0.29) is 5.91 Å². The Labute approximate surface area is 155 Å². The van der Waals surface area contributed by atoms with E-state index in [0.29, 0.717) is 11.7 Å². The van der Waals surface area contributed by atoms with Crippen LogP contribution in [-0.2, 0) is 11.3 Å². The van der Waals surface area contributed by atoms with Gasteiger partial charge in [0.1, 0.15) is 5.82 Å². The molecule has 130 valence electrons. The fourth-order valence-corrected chi connectivity index (χ4v) is 3.51. The van der Waals surface area contributed by atoms with E-state index >= 15 is 0 Å². The number of aromatic nitrogens is 3. The topological polar surface area (TPSA) is 59.8 Å². The van der Waals surface area contributed by atoms with Crippen molar-refractivity contribution in [3.8, 4) is 0 Å². The van der Waals surface area contributed by atoms with Crippen molar-refractivity contribution in [2.45, 2.75) is 46.3 Å². The van der Waals surface area contributed by atoms with E-state index in [1.54, 1.807) is 0 Å². The molecular weight excluding hydrogens is 388 g/mol. The maximum Gasteiger partial charge on any atom is 0.234 e. The van der Waals surface area contributed by atoms with Crippen molar-refractivity contribution in [3.63, 3.8) is 0 Å². The van der Waals surface area contributed by atoms with E-state index in [1.165, 1.54) is 11.8 Å². The lowest BCUT2D eigenvalue weighted by molar-refractivity contribution is -0.113. The molecule has 0 radical (unpaired) electrons. The van der Waals surface area contributed by atoms with Crippen molar-refractivity contribution in [3.05, 3.63) is 33.6 Å². The quantitative estimate of drug-likeness (QED) is 0.718. The van der Waals surface area contributed by atoms with E-state index in [2.05, 4.69) is 49.9 Å². The molecule has 0 saturated carbocycles. The van der Waals surface area contributed by atoms with Crippen LogP contribution in [0.5, 0.6) is 0 Å². The second kappa shape index (κ2) is 8.16. The van der Waals surface area contributed by atoms with Crippen molar-refractivity contribution >= 4 is 39.3 Å². The van der Waals surface area contributed by atoms with Gasteiger partial charge in [-0.1, -0.05) is 41.5 Å². The first-order valence-corrected chi connectivity index (χ1v) is 9.65. The van der Waals surface area contributed by atoms with Crippen LogP contribution in [0, 0.1) is 26.7 Å². The minimum absolute atomic E-state index is 0.0402. The molecule has 2 rings (SSSR count). The molecule has 7 heteroatoms. The number of thioether (sulfide) groups is 1. The highest BCUT2D eigenvalue weighted by Crippen LogP contribution is 2.26. The molecule has 1 aromatic heterocycles. The van der Waals surface area contributed by atoms with Crippen LogP contribution in [0.15, 0.2) is 21.8 Å². The number of benzene rings is 1. The lowest BCUT2D eigenvalue weighted by Crippen LogP contribution is -2.16. The van der Waals surface area contributed by atoms with Crippen LogP contribution in [0.3, 0.4) is 0 Å². The Morgan fingerprint density at radius 3 is 2.62 bits per heavy atom. The number of halogens is 1. The van der Waals surface area contributed by atoms with E-state index in [0.717, 1.165) is 38.8 Å². The normalized spacial score (nSPS) is 11.1. The maximum atomic E-state index is 12.3. The van der Waals surface area contributed by atoms with Crippen molar-refractivity contribution in [2.75, 3.05) is 11.1 Å². The van der Waals surface area contributed by atoms with Crippen molar-refractivity contribution in [2.24, 2.45) is 5.92 Å². The Morgan fingerprint density at radius 2 is 1.96 bits per heavy atom. The van der Waals surface area contributed by atoms with Crippen LogP contribution in [0.1, 0.15) is 30.8 Å². The monoisotopic (exact) mass is 410 g/mol. The number of hydrogen-bond acceptors (Lipinski definition) is 4. The fraction of sp³-hybridized carbons (Fsp3) is 0.471. The van der Waals surface area contributed by atoms with Crippen molar-refractivity contribution in [1.29, 1.82) is 0 Å². The van der Waals surface area contributed by atoms with Crippen LogP contribution < -0.4 is 5.32 Å². The number of hydrogen-bond donors (Lipinski definition) is 1. The first-order valence-electron chi connectivity index (χ1n) is 7.87.